The fourth-order valence-corrected chi connectivity index (χ4v) is 4.19. The molecular weight excluding hydrogens is 350 g/mol. The predicted molar refractivity (Wildman–Crippen MR) is 114 cm³/mol. The van der Waals surface area contributed by atoms with Crippen LogP contribution in [0.1, 0.15) is 31.0 Å². The summed E-state index contributed by atoms with van der Waals surface area (Å²) >= 11 is 1.70. The second-order valence-corrected chi connectivity index (χ2v) is 7.75. The lowest BCUT2D eigenvalue weighted by Crippen LogP contribution is -2.25. The minimum absolute atomic E-state index is 0.900. The van der Waals surface area contributed by atoms with Crippen LogP contribution in [0.25, 0.3) is 16.2 Å². The highest BCUT2D eigenvalue weighted by molar-refractivity contribution is 7.15. The number of thiazole rings is 1. The highest BCUT2D eigenvalue weighted by Crippen LogP contribution is 2.28. The summed E-state index contributed by atoms with van der Waals surface area (Å²) in [5.74, 6) is 0. The van der Waals surface area contributed by atoms with E-state index in [4.69, 9.17) is 4.98 Å². The van der Waals surface area contributed by atoms with Crippen molar-refractivity contribution in [2.24, 2.45) is 0 Å². The average molecular weight is 376 g/mol. The third-order valence-corrected chi connectivity index (χ3v) is 5.62. The first-order chi connectivity index (χ1) is 13.3. The molecule has 0 unspecified atom stereocenters. The number of unbranched alkanes of at least 4 members (excludes halogenated alkanes) is 1. The minimum Gasteiger partial charge on any atom is -0.293 e. The molecule has 4 heteroatoms. The van der Waals surface area contributed by atoms with Crippen LogP contribution in [0.2, 0.25) is 0 Å². The Morgan fingerprint density at radius 1 is 0.963 bits per heavy atom. The number of imidazole rings is 1. The Labute approximate surface area is 164 Å². The number of fused-ring (bicyclic) bond motifs is 1. The summed E-state index contributed by atoms with van der Waals surface area (Å²) in [5, 5.41) is 2.12. The lowest BCUT2D eigenvalue weighted by molar-refractivity contribution is 0.249. The summed E-state index contributed by atoms with van der Waals surface area (Å²) in [7, 11) is 0. The predicted octanol–water partition coefficient (Wildman–Crippen LogP) is 5.87. The van der Waals surface area contributed by atoms with E-state index in [-0.39, 0.29) is 0 Å². The van der Waals surface area contributed by atoms with Crippen LogP contribution in [0.5, 0.6) is 0 Å². The first kappa shape index (κ1) is 18.0. The van der Waals surface area contributed by atoms with E-state index in [2.05, 4.69) is 88.5 Å². The van der Waals surface area contributed by atoms with Crippen molar-refractivity contribution in [3.05, 3.63) is 83.5 Å². The summed E-state index contributed by atoms with van der Waals surface area (Å²) in [4.78, 5) is 8.55. The van der Waals surface area contributed by atoms with E-state index >= 15 is 0 Å². The van der Waals surface area contributed by atoms with E-state index < -0.39 is 0 Å². The van der Waals surface area contributed by atoms with Crippen LogP contribution in [0.15, 0.2) is 72.2 Å². The maximum atomic E-state index is 4.94. The summed E-state index contributed by atoms with van der Waals surface area (Å²) in [6.45, 7) is 5.21. The van der Waals surface area contributed by atoms with Gasteiger partial charge in [0.05, 0.1) is 11.4 Å². The first-order valence-corrected chi connectivity index (χ1v) is 10.5. The van der Waals surface area contributed by atoms with Crippen LogP contribution in [0, 0.1) is 0 Å². The van der Waals surface area contributed by atoms with Gasteiger partial charge in [-0.2, -0.15) is 0 Å². The van der Waals surface area contributed by atoms with Gasteiger partial charge in [0.1, 0.15) is 0 Å². The molecule has 4 rings (SSSR count). The molecule has 0 atom stereocenters. The highest BCUT2D eigenvalue weighted by Gasteiger charge is 2.18. The van der Waals surface area contributed by atoms with Gasteiger partial charge in [-0.1, -0.05) is 74.0 Å². The smallest absolute Gasteiger partial charge is 0.194 e. The summed E-state index contributed by atoms with van der Waals surface area (Å²) in [6, 6.07) is 21.3. The van der Waals surface area contributed by atoms with Crippen molar-refractivity contribution in [1.82, 2.24) is 14.3 Å². The second-order valence-electron chi connectivity index (χ2n) is 6.88. The molecule has 0 aliphatic carbocycles. The van der Waals surface area contributed by atoms with Crippen molar-refractivity contribution in [1.29, 1.82) is 0 Å². The zero-order valence-electron chi connectivity index (χ0n) is 15.7. The van der Waals surface area contributed by atoms with Crippen LogP contribution < -0.4 is 0 Å². The third kappa shape index (κ3) is 4.12. The molecule has 27 heavy (non-hydrogen) atoms. The molecule has 0 aliphatic rings. The molecule has 138 valence electrons. The molecule has 3 nitrogen and oxygen atoms in total. The Bertz CT molecular complexity index is 973. The summed E-state index contributed by atoms with van der Waals surface area (Å²) in [5.41, 5.74) is 4.95. The van der Waals surface area contributed by atoms with Crippen LogP contribution in [-0.2, 0) is 13.1 Å². The number of hydrogen-bond donors (Lipinski definition) is 0. The van der Waals surface area contributed by atoms with E-state index in [0.29, 0.717) is 0 Å². The number of rotatable bonds is 8. The van der Waals surface area contributed by atoms with Crippen molar-refractivity contribution < 1.29 is 0 Å². The maximum absolute atomic E-state index is 4.94. The van der Waals surface area contributed by atoms with Gasteiger partial charge in [0, 0.05) is 30.2 Å². The molecule has 0 aliphatic heterocycles. The van der Waals surface area contributed by atoms with Gasteiger partial charge < -0.3 is 0 Å². The number of hydrogen-bond acceptors (Lipinski definition) is 3. The SMILES string of the molecule is CCCCN(Cc1ccccc1)Cc1c(-c2ccccc2)nc2sccn12. The normalized spacial score (nSPS) is 11.5. The van der Waals surface area contributed by atoms with E-state index in [1.165, 1.54) is 29.7 Å². The Morgan fingerprint density at radius 2 is 1.70 bits per heavy atom. The van der Waals surface area contributed by atoms with Gasteiger partial charge in [-0.25, -0.2) is 4.98 Å². The molecule has 0 bridgehead atoms. The van der Waals surface area contributed by atoms with Crippen LogP contribution >= 0.6 is 11.3 Å². The van der Waals surface area contributed by atoms with Crippen molar-refractivity contribution in [2.45, 2.75) is 32.9 Å². The first-order valence-electron chi connectivity index (χ1n) is 9.61. The maximum Gasteiger partial charge on any atom is 0.194 e. The molecule has 2 aromatic heterocycles. The Hall–Kier alpha value is -2.43. The summed E-state index contributed by atoms with van der Waals surface area (Å²) < 4.78 is 2.26. The number of nitrogens with zero attached hydrogens (tertiary/aromatic N) is 3. The standard InChI is InChI=1S/C23H25N3S/c1-2-3-14-25(17-19-10-6-4-7-11-19)18-21-22(20-12-8-5-9-13-20)24-23-26(21)15-16-27-23/h4-13,15-16H,2-3,14,17-18H2,1H3. The highest BCUT2D eigenvalue weighted by atomic mass is 32.1. The molecular formula is C23H25N3S. The molecule has 0 fully saturated rings. The Morgan fingerprint density at radius 3 is 2.44 bits per heavy atom. The lowest BCUT2D eigenvalue weighted by Gasteiger charge is -2.22. The largest absolute Gasteiger partial charge is 0.293 e. The van der Waals surface area contributed by atoms with E-state index in [1.807, 2.05) is 0 Å². The third-order valence-electron chi connectivity index (χ3n) is 4.86. The van der Waals surface area contributed by atoms with Crippen LogP contribution in [0.4, 0.5) is 0 Å². The molecule has 0 amide bonds. The quantitative estimate of drug-likeness (QED) is 0.384. The second kappa shape index (κ2) is 8.51. The average Bonchev–Trinajstić information content (AvgIpc) is 3.30. The van der Waals surface area contributed by atoms with E-state index in [9.17, 15) is 0 Å². The molecule has 0 saturated carbocycles. The van der Waals surface area contributed by atoms with Crippen molar-refractivity contribution in [3.63, 3.8) is 0 Å². The van der Waals surface area contributed by atoms with E-state index in [0.717, 1.165) is 30.3 Å². The van der Waals surface area contributed by atoms with Crippen molar-refractivity contribution >= 4 is 16.3 Å². The lowest BCUT2D eigenvalue weighted by atomic mass is 10.1. The molecule has 0 radical (unpaired) electrons. The topological polar surface area (TPSA) is 20.5 Å². The molecule has 0 N–H and O–H groups in total. The van der Waals surface area contributed by atoms with Crippen molar-refractivity contribution in [2.75, 3.05) is 6.54 Å². The number of benzene rings is 2. The number of aromatic nitrogens is 2. The van der Waals surface area contributed by atoms with Gasteiger partial charge in [-0.05, 0) is 18.5 Å². The van der Waals surface area contributed by atoms with Crippen LogP contribution in [0.3, 0.4) is 0 Å². The monoisotopic (exact) mass is 375 g/mol. The van der Waals surface area contributed by atoms with Crippen molar-refractivity contribution in [3.8, 4) is 11.3 Å². The van der Waals surface area contributed by atoms with Gasteiger partial charge in [0.2, 0.25) is 0 Å². The van der Waals surface area contributed by atoms with Gasteiger partial charge in [0.25, 0.3) is 0 Å². The Kier molecular flexibility index (Phi) is 5.66. The molecule has 0 spiro atoms. The van der Waals surface area contributed by atoms with Gasteiger partial charge in [0.15, 0.2) is 4.96 Å². The summed E-state index contributed by atoms with van der Waals surface area (Å²) in [6.07, 6.45) is 4.56. The van der Waals surface area contributed by atoms with E-state index in [1.54, 1.807) is 11.3 Å². The fraction of sp³-hybridized carbons (Fsp3) is 0.261. The van der Waals surface area contributed by atoms with Gasteiger partial charge in [-0.3, -0.25) is 9.30 Å². The molecule has 2 aromatic carbocycles. The minimum atomic E-state index is 0.900. The fourth-order valence-electron chi connectivity index (χ4n) is 3.46. The molecule has 4 aromatic rings. The van der Waals surface area contributed by atoms with Crippen LogP contribution in [-0.4, -0.2) is 20.8 Å². The van der Waals surface area contributed by atoms with Gasteiger partial charge >= 0.3 is 0 Å². The zero-order valence-corrected chi connectivity index (χ0v) is 16.5. The van der Waals surface area contributed by atoms with Gasteiger partial charge in [-0.15, -0.1) is 11.3 Å². The zero-order chi connectivity index (χ0) is 18.5. The molecule has 0 saturated heterocycles. The Balaban J connectivity index is 1.67. The molecule has 2 heterocycles.